The fraction of sp³-hybridized carbons (Fsp3) is 0.682. The highest BCUT2D eigenvalue weighted by atomic mass is 35.5. The van der Waals surface area contributed by atoms with Crippen LogP contribution in [0.5, 0.6) is 0 Å². The third-order valence-electron chi connectivity index (χ3n) is 6.36. The van der Waals surface area contributed by atoms with Gasteiger partial charge in [-0.1, -0.05) is 39.3 Å². The molecule has 3 rings (SSSR count). The maximum atomic E-state index is 12.9. The number of nitrogens with zero attached hydrogens (tertiary/aromatic N) is 2. The Morgan fingerprint density at radius 3 is 2.03 bits per heavy atom. The van der Waals surface area contributed by atoms with E-state index in [0.29, 0.717) is 29.6 Å². The molecule has 7 nitrogen and oxygen atoms in total. The number of halogens is 1. The second-order valence-electron chi connectivity index (χ2n) is 9.48. The number of rotatable bonds is 6. The maximum absolute atomic E-state index is 12.9. The first kappa shape index (κ1) is 24.3. The molecule has 2 aliphatic heterocycles. The number of hydrogen-bond donors (Lipinski definition) is 2. The van der Waals surface area contributed by atoms with E-state index in [1.165, 1.54) is 0 Å². The predicted octanol–water partition coefficient (Wildman–Crippen LogP) is 3.82. The van der Waals surface area contributed by atoms with E-state index in [2.05, 4.69) is 26.9 Å². The molecular formula is C22H35ClN4O3S. The Bertz CT molecular complexity index is 876. The van der Waals surface area contributed by atoms with Gasteiger partial charge in [0.1, 0.15) is 0 Å². The molecule has 2 saturated heterocycles. The molecule has 2 heterocycles. The van der Waals surface area contributed by atoms with Gasteiger partial charge in [-0.05, 0) is 68.1 Å². The SMILES string of the molecule is CC(C)c1cc(Cl)cc(C(C)C)c1NC(=O)NS(=O)(=O)C1CCN(C2CN(C)C2)CC1. The molecule has 1 aromatic rings. The molecule has 0 aliphatic carbocycles. The molecule has 174 valence electrons. The second-order valence-corrected chi connectivity index (χ2v) is 11.9. The molecule has 0 saturated carbocycles. The first-order chi connectivity index (χ1) is 14.5. The number of hydrogen-bond acceptors (Lipinski definition) is 5. The number of carbonyl (C=O) groups is 1. The quantitative estimate of drug-likeness (QED) is 0.660. The summed E-state index contributed by atoms with van der Waals surface area (Å²) < 4.78 is 28.0. The van der Waals surface area contributed by atoms with Gasteiger partial charge < -0.3 is 10.2 Å². The highest BCUT2D eigenvalue weighted by molar-refractivity contribution is 7.90. The van der Waals surface area contributed by atoms with E-state index in [0.717, 1.165) is 37.3 Å². The second kappa shape index (κ2) is 9.65. The average molecular weight is 471 g/mol. The van der Waals surface area contributed by atoms with Crippen molar-refractivity contribution in [3.05, 3.63) is 28.3 Å². The third kappa shape index (κ3) is 5.72. The minimum absolute atomic E-state index is 0.123. The van der Waals surface area contributed by atoms with Crippen molar-refractivity contribution in [1.82, 2.24) is 14.5 Å². The normalized spacial score (nSPS) is 19.6. The summed E-state index contributed by atoms with van der Waals surface area (Å²) in [4.78, 5) is 17.3. The molecule has 31 heavy (non-hydrogen) atoms. The monoisotopic (exact) mass is 470 g/mol. The van der Waals surface area contributed by atoms with E-state index in [9.17, 15) is 13.2 Å². The van der Waals surface area contributed by atoms with E-state index in [-0.39, 0.29) is 11.8 Å². The van der Waals surface area contributed by atoms with Crippen molar-refractivity contribution in [3.63, 3.8) is 0 Å². The summed E-state index contributed by atoms with van der Waals surface area (Å²) >= 11 is 6.28. The van der Waals surface area contributed by atoms with Crippen molar-refractivity contribution in [3.8, 4) is 0 Å². The molecule has 2 fully saturated rings. The maximum Gasteiger partial charge on any atom is 0.332 e. The number of amides is 2. The van der Waals surface area contributed by atoms with Crippen molar-refractivity contribution in [1.29, 1.82) is 0 Å². The topological polar surface area (TPSA) is 81.8 Å². The summed E-state index contributed by atoms with van der Waals surface area (Å²) in [6, 6.07) is 3.47. The predicted molar refractivity (Wildman–Crippen MR) is 127 cm³/mol. The van der Waals surface area contributed by atoms with Crippen LogP contribution in [0, 0.1) is 0 Å². The summed E-state index contributed by atoms with van der Waals surface area (Å²) in [5.74, 6) is 0.246. The Labute approximate surface area is 191 Å². The first-order valence-corrected chi connectivity index (χ1v) is 13.0. The zero-order chi connectivity index (χ0) is 22.9. The van der Waals surface area contributed by atoms with Crippen LogP contribution in [0.25, 0.3) is 0 Å². The molecule has 1 aromatic carbocycles. The lowest BCUT2D eigenvalue weighted by atomic mass is 9.92. The lowest BCUT2D eigenvalue weighted by Crippen LogP contribution is -2.60. The van der Waals surface area contributed by atoms with E-state index >= 15 is 0 Å². The van der Waals surface area contributed by atoms with Crippen LogP contribution >= 0.6 is 11.6 Å². The van der Waals surface area contributed by atoms with Crippen LogP contribution in [0.4, 0.5) is 10.5 Å². The fourth-order valence-corrected chi connectivity index (χ4v) is 6.05. The number of nitrogens with one attached hydrogen (secondary N) is 2. The van der Waals surface area contributed by atoms with Crippen molar-refractivity contribution in [2.75, 3.05) is 38.5 Å². The summed E-state index contributed by atoms with van der Waals surface area (Å²) in [6.45, 7) is 11.6. The van der Waals surface area contributed by atoms with Gasteiger partial charge in [0.25, 0.3) is 0 Å². The van der Waals surface area contributed by atoms with Gasteiger partial charge in [0.2, 0.25) is 10.0 Å². The molecule has 0 aromatic heterocycles. The average Bonchev–Trinajstić information content (AvgIpc) is 2.65. The zero-order valence-corrected chi connectivity index (χ0v) is 20.7. The Hall–Kier alpha value is -1.35. The summed E-state index contributed by atoms with van der Waals surface area (Å²) in [7, 11) is -1.66. The molecule has 0 radical (unpaired) electrons. The van der Waals surface area contributed by atoms with Crippen LogP contribution in [0.3, 0.4) is 0 Å². The smallest absolute Gasteiger partial charge is 0.307 e. The van der Waals surface area contributed by atoms with Gasteiger partial charge in [0, 0.05) is 29.8 Å². The Morgan fingerprint density at radius 1 is 1.06 bits per heavy atom. The molecule has 2 aliphatic rings. The van der Waals surface area contributed by atoms with E-state index in [4.69, 9.17) is 11.6 Å². The van der Waals surface area contributed by atoms with Gasteiger partial charge in [-0.15, -0.1) is 0 Å². The van der Waals surface area contributed by atoms with Crippen LogP contribution in [0.2, 0.25) is 5.02 Å². The van der Waals surface area contributed by atoms with Gasteiger partial charge in [-0.3, -0.25) is 4.90 Å². The molecule has 2 amide bonds. The number of urea groups is 1. The largest absolute Gasteiger partial charge is 0.332 e. The highest BCUT2D eigenvalue weighted by Gasteiger charge is 2.36. The van der Waals surface area contributed by atoms with Gasteiger partial charge in [-0.25, -0.2) is 17.9 Å². The number of anilines is 1. The van der Waals surface area contributed by atoms with Crippen LogP contribution in [-0.4, -0.2) is 68.8 Å². The number of piperidine rings is 1. The summed E-state index contributed by atoms with van der Waals surface area (Å²) in [6.07, 6.45) is 1.08. The van der Waals surface area contributed by atoms with Crippen molar-refractivity contribution in [2.45, 2.75) is 63.7 Å². The molecule has 0 unspecified atom stereocenters. The number of likely N-dealkylation sites (N-methyl/N-ethyl adjacent to an activating group) is 1. The number of likely N-dealkylation sites (tertiary alicyclic amines) is 2. The van der Waals surface area contributed by atoms with Crippen LogP contribution < -0.4 is 10.0 Å². The Balaban J connectivity index is 1.66. The highest BCUT2D eigenvalue weighted by Crippen LogP contribution is 2.35. The summed E-state index contributed by atoms with van der Waals surface area (Å²) in [5.41, 5.74) is 2.43. The van der Waals surface area contributed by atoms with E-state index < -0.39 is 21.3 Å². The number of benzene rings is 1. The van der Waals surface area contributed by atoms with E-state index in [1.807, 2.05) is 39.8 Å². The van der Waals surface area contributed by atoms with Crippen molar-refractivity contribution in [2.24, 2.45) is 0 Å². The molecular weight excluding hydrogens is 436 g/mol. The standard InChI is InChI=1S/C22H35ClN4O3S/c1-14(2)19-10-16(23)11-20(15(3)4)21(19)24-22(28)25-31(29,30)18-6-8-27(9-7-18)17-12-26(5)13-17/h10-11,14-15,17-18H,6-9,12-13H2,1-5H3,(H2,24,25,28). The van der Waals surface area contributed by atoms with E-state index in [1.54, 1.807) is 0 Å². The third-order valence-corrected chi connectivity index (χ3v) is 8.40. The van der Waals surface area contributed by atoms with Gasteiger partial charge in [-0.2, -0.15) is 0 Å². The van der Waals surface area contributed by atoms with Crippen LogP contribution in [0.15, 0.2) is 12.1 Å². The van der Waals surface area contributed by atoms with Crippen LogP contribution in [-0.2, 0) is 10.0 Å². The fourth-order valence-electron chi connectivity index (χ4n) is 4.50. The van der Waals surface area contributed by atoms with Crippen molar-refractivity contribution < 1.29 is 13.2 Å². The molecule has 0 atom stereocenters. The first-order valence-electron chi connectivity index (χ1n) is 11.1. The zero-order valence-electron chi connectivity index (χ0n) is 19.1. The number of sulfonamides is 1. The molecule has 9 heteroatoms. The molecule has 2 N–H and O–H groups in total. The van der Waals surface area contributed by atoms with Crippen LogP contribution in [0.1, 0.15) is 63.5 Å². The Morgan fingerprint density at radius 2 is 1.58 bits per heavy atom. The minimum Gasteiger partial charge on any atom is -0.307 e. The molecule has 0 bridgehead atoms. The van der Waals surface area contributed by atoms with Gasteiger partial charge >= 0.3 is 6.03 Å². The Kier molecular flexibility index (Phi) is 7.56. The lowest BCUT2D eigenvalue weighted by molar-refractivity contribution is 0.0407. The summed E-state index contributed by atoms with van der Waals surface area (Å²) in [5, 5.41) is 2.87. The lowest BCUT2D eigenvalue weighted by Gasteiger charge is -2.46. The number of carbonyl (C=O) groups excluding carboxylic acids is 1. The van der Waals surface area contributed by atoms with Gasteiger partial charge in [0.05, 0.1) is 5.25 Å². The van der Waals surface area contributed by atoms with Gasteiger partial charge in [0.15, 0.2) is 0 Å². The minimum atomic E-state index is -3.75. The van der Waals surface area contributed by atoms with Crippen molar-refractivity contribution >= 4 is 33.3 Å². The molecule has 0 spiro atoms.